The minimum atomic E-state index is -4.20. The number of carbonyl (C=O) groups excluding carboxylic acids is 1. The van der Waals surface area contributed by atoms with Crippen molar-refractivity contribution >= 4 is 26.0 Å². The van der Waals surface area contributed by atoms with E-state index in [0.717, 1.165) is 28.1 Å². The van der Waals surface area contributed by atoms with E-state index in [-0.39, 0.29) is 9.79 Å². The summed E-state index contributed by atoms with van der Waals surface area (Å²) in [5.41, 5.74) is 2.78. The van der Waals surface area contributed by atoms with Crippen LogP contribution < -0.4 is 10.3 Å². The third-order valence-corrected chi connectivity index (χ3v) is 6.59. The van der Waals surface area contributed by atoms with Gasteiger partial charge in [-0.15, -0.1) is 4.83 Å². The summed E-state index contributed by atoms with van der Waals surface area (Å²) in [5, 5.41) is 0. The zero-order valence-electron chi connectivity index (χ0n) is 14.5. The zero-order chi connectivity index (χ0) is 20.2. The van der Waals surface area contributed by atoms with E-state index in [1.165, 1.54) is 25.2 Å². The van der Waals surface area contributed by atoms with Gasteiger partial charge in [0.15, 0.2) is 0 Å². The van der Waals surface area contributed by atoms with E-state index in [1.807, 2.05) is 5.43 Å². The number of hydrogen-bond acceptors (Lipinski definition) is 5. The molecule has 2 aromatic carbocycles. The molecule has 0 aliphatic rings. The molecular formula is C16H18FN3O5S2. The molecule has 27 heavy (non-hydrogen) atoms. The number of hydrogen-bond donors (Lipinski definition) is 2. The smallest absolute Gasteiger partial charge is 0.257 e. The number of sulfonamides is 2. The maximum Gasteiger partial charge on any atom is 0.257 e. The molecular weight excluding hydrogens is 397 g/mol. The Bertz CT molecular complexity index is 1040. The monoisotopic (exact) mass is 415 g/mol. The van der Waals surface area contributed by atoms with Crippen molar-refractivity contribution < 1.29 is 26.0 Å². The lowest BCUT2D eigenvalue weighted by Gasteiger charge is -2.17. The van der Waals surface area contributed by atoms with Crippen molar-refractivity contribution in [3.63, 3.8) is 0 Å². The van der Waals surface area contributed by atoms with Crippen LogP contribution in [0.1, 0.15) is 5.56 Å². The number of aryl methyl sites for hydroxylation is 1. The SMILES string of the molecule is Cc1ccc(S(=O)(=O)N(C)CC(=O)NNS(=O)(=O)c2cccc(F)c2)cc1. The zero-order valence-corrected chi connectivity index (χ0v) is 16.1. The highest BCUT2D eigenvalue weighted by molar-refractivity contribution is 7.89. The van der Waals surface area contributed by atoms with Crippen LogP contribution in [0.15, 0.2) is 58.3 Å². The molecule has 0 aliphatic heterocycles. The Morgan fingerprint density at radius 2 is 1.67 bits per heavy atom. The standard InChI is InChI=1S/C16H18FN3O5S2/c1-12-6-8-14(9-7-12)27(24,25)20(2)11-16(21)18-19-26(22,23)15-5-3-4-13(17)10-15/h3-10,19H,11H2,1-2H3,(H,18,21). The number of benzene rings is 2. The topological polar surface area (TPSA) is 113 Å². The van der Waals surface area contributed by atoms with E-state index in [4.69, 9.17) is 0 Å². The number of rotatable bonds is 7. The average Bonchev–Trinajstić information content (AvgIpc) is 2.60. The van der Waals surface area contributed by atoms with Crippen molar-refractivity contribution in [3.05, 3.63) is 59.9 Å². The van der Waals surface area contributed by atoms with Gasteiger partial charge in [-0.3, -0.25) is 10.2 Å². The van der Waals surface area contributed by atoms with Gasteiger partial charge in [0.1, 0.15) is 5.82 Å². The Kier molecular flexibility index (Phi) is 6.31. The lowest BCUT2D eigenvalue weighted by molar-refractivity contribution is -0.121. The van der Waals surface area contributed by atoms with Gasteiger partial charge in [-0.1, -0.05) is 23.8 Å². The minimum absolute atomic E-state index is 0.00346. The second-order valence-corrected chi connectivity index (χ2v) is 9.41. The van der Waals surface area contributed by atoms with Crippen LogP contribution in [0.2, 0.25) is 0 Å². The molecule has 0 aromatic heterocycles. The second kappa shape index (κ2) is 8.13. The summed E-state index contributed by atoms with van der Waals surface area (Å²) in [4.78, 5) is 13.3. The Labute approximate surface area is 157 Å². The van der Waals surface area contributed by atoms with Crippen molar-refractivity contribution in [2.24, 2.45) is 0 Å². The second-order valence-electron chi connectivity index (χ2n) is 5.69. The Morgan fingerprint density at radius 3 is 2.26 bits per heavy atom. The minimum Gasteiger partial charge on any atom is -0.276 e. The predicted octanol–water partition coefficient (Wildman–Crippen LogP) is 0.764. The highest BCUT2D eigenvalue weighted by atomic mass is 32.2. The van der Waals surface area contributed by atoms with Crippen LogP contribution in [0.5, 0.6) is 0 Å². The van der Waals surface area contributed by atoms with Crippen LogP contribution in [-0.2, 0) is 24.8 Å². The molecule has 2 rings (SSSR count). The number of halogens is 1. The molecule has 146 valence electrons. The van der Waals surface area contributed by atoms with Crippen molar-refractivity contribution in [1.82, 2.24) is 14.6 Å². The van der Waals surface area contributed by atoms with Gasteiger partial charge in [0.05, 0.1) is 16.3 Å². The first-order valence-electron chi connectivity index (χ1n) is 7.61. The number of likely N-dealkylation sites (N-methyl/N-ethyl adjacent to an activating group) is 1. The lowest BCUT2D eigenvalue weighted by atomic mass is 10.2. The van der Waals surface area contributed by atoms with Crippen molar-refractivity contribution in [3.8, 4) is 0 Å². The van der Waals surface area contributed by atoms with E-state index >= 15 is 0 Å². The van der Waals surface area contributed by atoms with Gasteiger partial charge < -0.3 is 0 Å². The summed E-state index contributed by atoms with van der Waals surface area (Å²) in [5.74, 6) is -1.67. The maximum atomic E-state index is 13.1. The molecule has 0 fully saturated rings. The Balaban J connectivity index is 2.01. The van der Waals surface area contributed by atoms with Crippen LogP contribution >= 0.6 is 0 Å². The first-order chi connectivity index (χ1) is 12.5. The summed E-state index contributed by atoms with van der Waals surface area (Å²) >= 11 is 0. The van der Waals surface area contributed by atoms with Crippen LogP contribution in [0.3, 0.4) is 0 Å². The van der Waals surface area contributed by atoms with E-state index in [9.17, 15) is 26.0 Å². The highest BCUT2D eigenvalue weighted by Gasteiger charge is 2.23. The molecule has 2 N–H and O–H groups in total. The van der Waals surface area contributed by atoms with Gasteiger partial charge >= 0.3 is 0 Å². The Hall–Kier alpha value is -2.34. The number of nitrogens with one attached hydrogen (secondary N) is 2. The van der Waals surface area contributed by atoms with Gasteiger partial charge in [-0.25, -0.2) is 21.2 Å². The molecule has 2 aromatic rings. The summed E-state index contributed by atoms with van der Waals surface area (Å²) in [6.07, 6.45) is 0. The molecule has 0 unspecified atom stereocenters. The highest BCUT2D eigenvalue weighted by Crippen LogP contribution is 2.14. The number of carbonyl (C=O) groups is 1. The predicted molar refractivity (Wildman–Crippen MR) is 95.9 cm³/mol. The molecule has 1 amide bonds. The van der Waals surface area contributed by atoms with Gasteiger partial charge in [0.25, 0.3) is 10.0 Å². The molecule has 0 spiro atoms. The van der Waals surface area contributed by atoms with E-state index in [1.54, 1.807) is 23.9 Å². The van der Waals surface area contributed by atoms with Crippen LogP contribution in [0, 0.1) is 12.7 Å². The van der Waals surface area contributed by atoms with Gasteiger partial charge in [0, 0.05) is 7.05 Å². The van der Waals surface area contributed by atoms with Crippen LogP contribution in [-0.4, -0.2) is 40.6 Å². The third kappa shape index (κ3) is 5.32. The van der Waals surface area contributed by atoms with Gasteiger partial charge in [0.2, 0.25) is 15.9 Å². The van der Waals surface area contributed by atoms with E-state index < -0.39 is 38.3 Å². The number of amides is 1. The maximum absolute atomic E-state index is 13.1. The average molecular weight is 415 g/mol. The number of hydrazine groups is 1. The largest absolute Gasteiger partial charge is 0.276 e. The van der Waals surface area contributed by atoms with Crippen LogP contribution in [0.25, 0.3) is 0 Å². The normalized spacial score (nSPS) is 12.1. The first kappa shape index (κ1) is 21.0. The van der Waals surface area contributed by atoms with Crippen molar-refractivity contribution in [2.45, 2.75) is 16.7 Å². The first-order valence-corrected chi connectivity index (χ1v) is 10.5. The lowest BCUT2D eigenvalue weighted by Crippen LogP contribution is -2.46. The molecule has 0 atom stereocenters. The fourth-order valence-corrected chi connectivity index (χ4v) is 4.05. The fraction of sp³-hybridized carbons (Fsp3) is 0.188. The molecule has 8 nitrogen and oxygen atoms in total. The van der Waals surface area contributed by atoms with Crippen LogP contribution in [0.4, 0.5) is 4.39 Å². The van der Waals surface area contributed by atoms with Gasteiger partial charge in [-0.05, 0) is 37.3 Å². The summed E-state index contributed by atoms with van der Waals surface area (Å²) in [6, 6.07) is 10.3. The molecule has 0 saturated carbocycles. The van der Waals surface area contributed by atoms with Gasteiger partial charge in [-0.2, -0.15) is 4.31 Å². The van der Waals surface area contributed by atoms with Crippen molar-refractivity contribution in [2.75, 3.05) is 13.6 Å². The van der Waals surface area contributed by atoms with E-state index in [0.29, 0.717) is 0 Å². The third-order valence-electron chi connectivity index (χ3n) is 3.53. The summed E-state index contributed by atoms with van der Waals surface area (Å²) < 4.78 is 62.7. The molecule has 0 radical (unpaired) electrons. The van der Waals surface area contributed by atoms with Crippen molar-refractivity contribution in [1.29, 1.82) is 0 Å². The van der Waals surface area contributed by atoms with E-state index in [2.05, 4.69) is 0 Å². The summed E-state index contributed by atoms with van der Waals surface area (Å²) in [7, 11) is -6.92. The number of nitrogens with zero attached hydrogens (tertiary/aromatic N) is 1. The summed E-state index contributed by atoms with van der Waals surface area (Å²) in [6.45, 7) is 1.18. The fourth-order valence-electron chi connectivity index (χ4n) is 2.03. The molecule has 0 aliphatic carbocycles. The molecule has 0 bridgehead atoms. The Morgan fingerprint density at radius 1 is 1.04 bits per heavy atom. The quantitative estimate of drug-likeness (QED) is 0.649. The molecule has 11 heteroatoms. The molecule has 0 saturated heterocycles. The molecule has 0 heterocycles.